The second kappa shape index (κ2) is 12.4. The predicted molar refractivity (Wildman–Crippen MR) is 97.2 cm³/mol. The van der Waals surface area contributed by atoms with Crippen molar-refractivity contribution < 1.29 is 9.90 Å². The van der Waals surface area contributed by atoms with Crippen molar-refractivity contribution in [2.75, 3.05) is 0 Å². The van der Waals surface area contributed by atoms with Crippen molar-refractivity contribution in [3.63, 3.8) is 0 Å². The number of rotatable bonds is 13. The first-order chi connectivity index (χ1) is 11.1. The van der Waals surface area contributed by atoms with Crippen LogP contribution in [0.3, 0.4) is 0 Å². The number of carboxylic acid groups (broad SMARTS) is 1. The van der Waals surface area contributed by atoms with Crippen LogP contribution in [0.15, 0.2) is 11.8 Å². The Kier molecular flexibility index (Phi) is 10.8. The van der Waals surface area contributed by atoms with E-state index in [2.05, 4.69) is 6.92 Å². The van der Waals surface area contributed by atoms with E-state index in [1.165, 1.54) is 77.0 Å². The van der Waals surface area contributed by atoms with Gasteiger partial charge in [0, 0.05) is 0 Å². The zero-order valence-electron chi connectivity index (χ0n) is 15.1. The van der Waals surface area contributed by atoms with Gasteiger partial charge in [0.2, 0.25) is 0 Å². The molecule has 23 heavy (non-hydrogen) atoms. The Hall–Kier alpha value is -0.990. The van der Waals surface area contributed by atoms with Crippen LogP contribution in [0, 0.1) is 11.8 Å². The maximum Gasteiger partial charge on any atom is 0.351 e. The van der Waals surface area contributed by atoms with Crippen molar-refractivity contribution in [3.05, 3.63) is 11.8 Å². The molecule has 0 amide bonds. The molecule has 0 heterocycles. The molecule has 0 unspecified atom stereocenters. The molecule has 1 saturated carbocycles. The molecular formula is C20H37NO2. The van der Waals surface area contributed by atoms with Crippen LogP contribution in [-0.4, -0.2) is 11.1 Å². The molecule has 0 bridgehead atoms. The van der Waals surface area contributed by atoms with Gasteiger partial charge in [0.25, 0.3) is 0 Å². The van der Waals surface area contributed by atoms with Gasteiger partial charge in [-0.15, -0.1) is 0 Å². The summed E-state index contributed by atoms with van der Waals surface area (Å²) in [6, 6.07) is 0. The van der Waals surface area contributed by atoms with Gasteiger partial charge < -0.3 is 10.8 Å². The van der Waals surface area contributed by atoms with Gasteiger partial charge in [0.15, 0.2) is 0 Å². The summed E-state index contributed by atoms with van der Waals surface area (Å²) in [6.45, 7) is 2.27. The zero-order valence-corrected chi connectivity index (χ0v) is 15.1. The third kappa shape index (κ3) is 9.02. The fraction of sp³-hybridized carbons (Fsp3) is 0.850. The Bertz CT molecular complexity index is 352. The zero-order chi connectivity index (χ0) is 16.9. The third-order valence-electron chi connectivity index (χ3n) is 5.39. The van der Waals surface area contributed by atoms with Crippen LogP contribution in [0.25, 0.3) is 0 Å². The number of hydrogen-bond donors (Lipinski definition) is 2. The fourth-order valence-electron chi connectivity index (χ4n) is 3.96. The van der Waals surface area contributed by atoms with Crippen LogP contribution in [0.5, 0.6) is 0 Å². The van der Waals surface area contributed by atoms with Gasteiger partial charge in [-0.05, 0) is 24.7 Å². The molecule has 1 rings (SSSR count). The Morgan fingerprint density at radius 2 is 1.57 bits per heavy atom. The van der Waals surface area contributed by atoms with E-state index in [0.29, 0.717) is 0 Å². The summed E-state index contributed by atoms with van der Waals surface area (Å²) in [7, 11) is 0. The lowest BCUT2D eigenvalue weighted by Gasteiger charge is -2.19. The largest absolute Gasteiger partial charge is 0.477 e. The molecular weight excluding hydrogens is 286 g/mol. The molecule has 1 fully saturated rings. The number of unbranched alkanes of at least 4 members (excludes halogenated alkanes) is 7. The van der Waals surface area contributed by atoms with Crippen molar-refractivity contribution in [1.82, 2.24) is 0 Å². The molecule has 0 aromatic heterocycles. The molecule has 1 aliphatic carbocycles. The van der Waals surface area contributed by atoms with Crippen molar-refractivity contribution in [2.45, 2.75) is 96.8 Å². The highest BCUT2D eigenvalue weighted by Crippen LogP contribution is 2.38. The Labute approximate surface area is 142 Å². The highest BCUT2D eigenvalue weighted by Gasteiger charge is 2.25. The van der Waals surface area contributed by atoms with Crippen LogP contribution < -0.4 is 5.73 Å². The van der Waals surface area contributed by atoms with E-state index in [1.54, 1.807) is 6.08 Å². The van der Waals surface area contributed by atoms with Gasteiger partial charge in [0.05, 0.1) is 0 Å². The first kappa shape index (κ1) is 20.1. The molecule has 134 valence electrons. The summed E-state index contributed by atoms with van der Waals surface area (Å²) in [5.41, 5.74) is 5.40. The van der Waals surface area contributed by atoms with E-state index in [0.717, 1.165) is 24.7 Å². The Morgan fingerprint density at radius 1 is 1.00 bits per heavy atom. The lowest BCUT2D eigenvalue weighted by Crippen LogP contribution is -2.09. The number of aliphatic carboxylic acids is 1. The number of carbonyl (C=O) groups is 1. The van der Waals surface area contributed by atoms with Gasteiger partial charge >= 0.3 is 5.97 Å². The van der Waals surface area contributed by atoms with Gasteiger partial charge in [-0.2, -0.15) is 0 Å². The van der Waals surface area contributed by atoms with Crippen LogP contribution in [0.1, 0.15) is 96.8 Å². The van der Waals surface area contributed by atoms with Crippen molar-refractivity contribution in [3.8, 4) is 0 Å². The summed E-state index contributed by atoms with van der Waals surface area (Å²) >= 11 is 0. The SMILES string of the molecule is CCCCCCCC[C@H]1CCC[C@@H]1CCCCC=C(N)C(=O)O. The summed E-state index contributed by atoms with van der Waals surface area (Å²) in [5.74, 6) is 0.882. The second-order valence-electron chi connectivity index (χ2n) is 7.26. The maximum absolute atomic E-state index is 10.6. The standard InChI is InChI=1S/C20H37NO2/c1-2-3-4-5-6-8-12-17-14-11-15-18(17)13-9-7-10-16-19(21)20(22)23/h16-18H,2-15,21H2,1H3,(H,22,23)/t17-,18-/m0/s1. The van der Waals surface area contributed by atoms with Gasteiger partial charge in [-0.3, -0.25) is 0 Å². The summed E-state index contributed by atoms with van der Waals surface area (Å²) in [6.07, 6.45) is 20.1. The Morgan fingerprint density at radius 3 is 2.17 bits per heavy atom. The molecule has 0 aromatic rings. The monoisotopic (exact) mass is 323 g/mol. The highest BCUT2D eigenvalue weighted by molar-refractivity contribution is 5.85. The van der Waals surface area contributed by atoms with Gasteiger partial charge in [-0.25, -0.2) is 4.79 Å². The molecule has 3 N–H and O–H groups in total. The first-order valence-corrected chi connectivity index (χ1v) is 9.84. The molecule has 0 aliphatic heterocycles. The maximum atomic E-state index is 10.6. The molecule has 3 heteroatoms. The van der Waals surface area contributed by atoms with Crippen LogP contribution in [0.4, 0.5) is 0 Å². The predicted octanol–water partition coefficient (Wildman–Crippen LogP) is 5.64. The summed E-state index contributed by atoms with van der Waals surface area (Å²) in [5, 5.41) is 8.70. The average molecular weight is 324 g/mol. The van der Waals surface area contributed by atoms with Crippen LogP contribution >= 0.6 is 0 Å². The number of hydrogen-bond acceptors (Lipinski definition) is 2. The molecule has 0 spiro atoms. The highest BCUT2D eigenvalue weighted by atomic mass is 16.4. The fourth-order valence-corrected chi connectivity index (χ4v) is 3.96. The number of allylic oxidation sites excluding steroid dienone is 1. The lowest BCUT2D eigenvalue weighted by molar-refractivity contribution is -0.132. The summed E-state index contributed by atoms with van der Waals surface area (Å²) in [4.78, 5) is 10.6. The van der Waals surface area contributed by atoms with E-state index >= 15 is 0 Å². The number of nitrogens with two attached hydrogens (primary N) is 1. The topological polar surface area (TPSA) is 63.3 Å². The molecule has 3 nitrogen and oxygen atoms in total. The van der Waals surface area contributed by atoms with E-state index in [-0.39, 0.29) is 5.70 Å². The lowest BCUT2D eigenvalue weighted by atomic mass is 9.87. The minimum atomic E-state index is -1.00. The van der Waals surface area contributed by atoms with E-state index in [1.807, 2.05) is 0 Å². The molecule has 0 radical (unpaired) electrons. The van der Waals surface area contributed by atoms with Gasteiger partial charge in [0.1, 0.15) is 5.70 Å². The normalized spacial score (nSPS) is 21.7. The van der Waals surface area contributed by atoms with E-state index in [9.17, 15) is 4.79 Å². The molecule has 2 atom stereocenters. The number of carboxylic acids is 1. The van der Waals surface area contributed by atoms with Crippen molar-refractivity contribution >= 4 is 5.97 Å². The third-order valence-corrected chi connectivity index (χ3v) is 5.39. The average Bonchev–Trinajstić information content (AvgIpc) is 2.97. The first-order valence-electron chi connectivity index (χ1n) is 9.84. The molecule has 1 aliphatic rings. The van der Waals surface area contributed by atoms with E-state index < -0.39 is 5.97 Å². The smallest absolute Gasteiger partial charge is 0.351 e. The quantitative estimate of drug-likeness (QED) is 0.340. The summed E-state index contributed by atoms with van der Waals surface area (Å²) < 4.78 is 0. The molecule has 0 aromatic carbocycles. The minimum absolute atomic E-state index is 0.00758. The van der Waals surface area contributed by atoms with E-state index in [4.69, 9.17) is 10.8 Å². The minimum Gasteiger partial charge on any atom is -0.477 e. The van der Waals surface area contributed by atoms with Crippen LogP contribution in [-0.2, 0) is 4.79 Å². The molecule has 0 saturated heterocycles. The van der Waals surface area contributed by atoms with Crippen molar-refractivity contribution in [1.29, 1.82) is 0 Å². The van der Waals surface area contributed by atoms with Crippen LogP contribution in [0.2, 0.25) is 0 Å². The second-order valence-corrected chi connectivity index (χ2v) is 7.26. The Balaban J connectivity index is 2.08. The van der Waals surface area contributed by atoms with Gasteiger partial charge in [-0.1, -0.05) is 90.0 Å². The van der Waals surface area contributed by atoms with Crippen molar-refractivity contribution in [2.24, 2.45) is 17.6 Å².